The van der Waals surface area contributed by atoms with E-state index in [9.17, 15) is 4.79 Å². The summed E-state index contributed by atoms with van der Waals surface area (Å²) in [5.41, 5.74) is 5.70. The summed E-state index contributed by atoms with van der Waals surface area (Å²) in [7, 11) is 0. The van der Waals surface area contributed by atoms with E-state index in [4.69, 9.17) is 17.3 Å². The van der Waals surface area contributed by atoms with Gasteiger partial charge in [0.2, 0.25) is 11.9 Å². The maximum atomic E-state index is 10.5. The van der Waals surface area contributed by atoms with Crippen molar-refractivity contribution in [2.75, 3.05) is 11.9 Å². The first-order valence-electron chi connectivity index (χ1n) is 4.69. The first-order valence-corrected chi connectivity index (χ1v) is 5.07. The number of rotatable bonds is 4. The molecule has 0 saturated carbocycles. The van der Waals surface area contributed by atoms with Crippen LogP contribution < -0.4 is 11.1 Å². The molecule has 1 amide bonds. The SMILES string of the molecule is NC(=O)CCNc1nc2ccc(Cl)cn2n1. The Morgan fingerprint density at radius 3 is 3.12 bits per heavy atom. The number of nitrogens with zero attached hydrogens (tertiary/aromatic N) is 3. The van der Waals surface area contributed by atoms with E-state index in [0.29, 0.717) is 23.2 Å². The molecule has 0 spiro atoms. The maximum Gasteiger partial charge on any atom is 0.243 e. The number of halogens is 1. The summed E-state index contributed by atoms with van der Waals surface area (Å²) in [6, 6.07) is 3.49. The van der Waals surface area contributed by atoms with E-state index >= 15 is 0 Å². The predicted molar refractivity (Wildman–Crippen MR) is 60.3 cm³/mol. The van der Waals surface area contributed by atoms with Crippen molar-refractivity contribution in [2.24, 2.45) is 5.73 Å². The molecular formula is C9H10ClN5O. The second-order valence-electron chi connectivity index (χ2n) is 3.23. The lowest BCUT2D eigenvalue weighted by Crippen LogP contribution is -2.16. The summed E-state index contributed by atoms with van der Waals surface area (Å²) in [4.78, 5) is 14.7. The molecule has 0 saturated heterocycles. The second kappa shape index (κ2) is 4.36. The minimum absolute atomic E-state index is 0.246. The molecule has 2 aromatic rings. The zero-order chi connectivity index (χ0) is 11.5. The van der Waals surface area contributed by atoms with Crippen LogP contribution in [0.2, 0.25) is 5.02 Å². The molecule has 0 aromatic carbocycles. The molecule has 0 unspecified atom stereocenters. The molecule has 0 atom stereocenters. The molecule has 2 heterocycles. The number of carbonyl (C=O) groups excluding carboxylic acids is 1. The molecule has 84 valence electrons. The van der Waals surface area contributed by atoms with E-state index in [2.05, 4.69) is 15.4 Å². The summed E-state index contributed by atoms with van der Waals surface area (Å²) < 4.78 is 1.56. The van der Waals surface area contributed by atoms with Crippen LogP contribution in [0.25, 0.3) is 5.65 Å². The number of fused-ring (bicyclic) bond motifs is 1. The van der Waals surface area contributed by atoms with Crippen LogP contribution in [-0.4, -0.2) is 27.0 Å². The van der Waals surface area contributed by atoms with Crippen LogP contribution in [0.4, 0.5) is 5.95 Å². The molecule has 0 aliphatic heterocycles. The third kappa shape index (κ3) is 2.40. The number of anilines is 1. The van der Waals surface area contributed by atoms with Crippen molar-refractivity contribution in [3.05, 3.63) is 23.4 Å². The normalized spacial score (nSPS) is 10.6. The average molecular weight is 240 g/mol. The molecule has 0 aliphatic carbocycles. The molecule has 2 rings (SSSR count). The Morgan fingerprint density at radius 2 is 2.38 bits per heavy atom. The number of aromatic nitrogens is 3. The van der Waals surface area contributed by atoms with Gasteiger partial charge in [0.15, 0.2) is 5.65 Å². The fourth-order valence-electron chi connectivity index (χ4n) is 1.23. The summed E-state index contributed by atoms with van der Waals surface area (Å²) in [6.45, 7) is 0.417. The number of hydrogen-bond acceptors (Lipinski definition) is 4. The Balaban J connectivity index is 2.10. The van der Waals surface area contributed by atoms with Crippen molar-refractivity contribution in [1.29, 1.82) is 0 Å². The lowest BCUT2D eigenvalue weighted by Gasteiger charge is -1.96. The van der Waals surface area contributed by atoms with Crippen LogP contribution in [0.15, 0.2) is 18.3 Å². The van der Waals surface area contributed by atoms with Crippen LogP contribution >= 0.6 is 11.6 Å². The molecule has 0 fully saturated rings. The number of primary amides is 1. The van der Waals surface area contributed by atoms with E-state index in [1.54, 1.807) is 22.8 Å². The molecule has 6 nitrogen and oxygen atoms in total. The Bertz CT molecular complexity index is 524. The molecule has 0 bridgehead atoms. The molecule has 16 heavy (non-hydrogen) atoms. The number of nitrogens with two attached hydrogens (primary N) is 1. The summed E-state index contributed by atoms with van der Waals surface area (Å²) in [5, 5.41) is 7.61. The smallest absolute Gasteiger partial charge is 0.243 e. The van der Waals surface area contributed by atoms with E-state index < -0.39 is 0 Å². The first kappa shape index (κ1) is 10.7. The third-order valence-corrected chi connectivity index (χ3v) is 2.17. The van der Waals surface area contributed by atoms with Gasteiger partial charge in [-0.1, -0.05) is 11.6 Å². The quantitative estimate of drug-likeness (QED) is 0.821. The predicted octanol–water partition coefficient (Wildman–Crippen LogP) is 0.670. The second-order valence-corrected chi connectivity index (χ2v) is 3.67. The highest BCUT2D eigenvalue weighted by molar-refractivity contribution is 6.30. The van der Waals surface area contributed by atoms with Crippen LogP contribution in [0.5, 0.6) is 0 Å². The Labute approximate surface area is 96.4 Å². The lowest BCUT2D eigenvalue weighted by molar-refractivity contribution is -0.117. The highest BCUT2D eigenvalue weighted by atomic mass is 35.5. The Hall–Kier alpha value is -1.82. The van der Waals surface area contributed by atoms with Gasteiger partial charge in [0.05, 0.1) is 5.02 Å². The molecular weight excluding hydrogens is 230 g/mol. The molecule has 0 radical (unpaired) electrons. The zero-order valence-electron chi connectivity index (χ0n) is 8.35. The van der Waals surface area contributed by atoms with Crippen molar-refractivity contribution in [3.63, 3.8) is 0 Å². The van der Waals surface area contributed by atoms with Gasteiger partial charge in [0.25, 0.3) is 0 Å². The highest BCUT2D eigenvalue weighted by Gasteiger charge is 2.03. The van der Waals surface area contributed by atoms with Gasteiger partial charge in [-0.15, -0.1) is 5.10 Å². The van der Waals surface area contributed by atoms with E-state index in [-0.39, 0.29) is 12.3 Å². The average Bonchev–Trinajstić information content (AvgIpc) is 2.58. The Morgan fingerprint density at radius 1 is 1.56 bits per heavy atom. The zero-order valence-corrected chi connectivity index (χ0v) is 9.11. The number of amides is 1. The minimum atomic E-state index is -0.362. The van der Waals surface area contributed by atoms with E-state index in [0.717, 1.165) is 0 Å². The number of carbonyl (C=O) groups is 1. The molecule has 3 N–H and O–H groups in total. The van der Waals surface area contributed by atoms with Gasteiger partial charge in [-0.3, -0.25) is 4.79 Å². The van der Waals surface area contributed by atoms with Crippen molar-refractivity contribution >= 4 is 29.1 Å². The summed E-state index contributed by atoms with van der Waals surface area (Å²) in [5.74, 6) is 0.0859. The van der Waals surface area contributed by atoms with Gasteiger partial charge in [0, 0.05) is 19.2 Å². The monoisotopic (exact) mass is 239 g/mol. The van der Waals surface area contributed by atoms with Gasteiger partial charge in [-0.25, -0.2) is 4.52 Å². The van der Waals surface area contributed by atoms with Crippen LogP contribution in [0.3, 0.4) is 0 Å². The van der Waals surface area contributed by atoms with E-state index in [1.165, 1.54) is 0 Å². The van der Waals surface area contributed by atoms with Gasteiger partial charge in [-0.2, -0.15) is 4.98 Å². The highest BCUT2D eigenvalue weighted by Crippen LogP contribution is 2.11. The fourth-order valence-corrected chi connectivity index (χ4v) is 1.39. The molecule has 2 aromatic heterocycles. The van der Waals surface area contributed by atoms with Gasteiger partial charge < -0.3 is 11.1 Å². The van der Waals surface area contributed by atoms with Crippen molar-refractivity contribution in [1.82, 2.24) is 14.6 Å². The first-order chi connectivity index (χ1) is 7.65. The van der Waals surface area contributed by atoms with Crippen molar-refractivity contribution < 1.29 is 4.79 Å². The fraction of sp³-hybridized carbons (Fsp3) is 0.222. The van der Waals surface area contributed by atoms with Gasteiger partial charge in [-0.05, 0) is 12.1 Å². The molecule has 7 heteroatoms. The molecule has 0 aliphatic rings. The largest absolute Gasteiger partial charge is 0.370 e. The van der Waals surface area contributed by atoms with Crippen LogP contribution in [0, 0.1) is 0 Å². The van der Waals surface area contributed by atoms with E-state index in [1.807, 2.05) is 0 Å². The Kier molecular flexibility index (Phi) is 2.91. The summed E-state index contributed by atoms with van der Waals surface area (Å²) in [6.07, 6.45) is 1.90. The van der Waals surface area contributed by atoms with Crippen molar-refractivity contribution in [2.45, 2.75) is 6.42 Å². The van der Waals surface area contributed by atoms with Gasteiger partial charge >= 0.3 is 0 Å². The maximum absolute atomic E-state index is 10.5. The third-order valence-electron chi connectivity index (χ3n) is 1.95. The lowest BCUT2D eigenvalue weighted by atomic mass is 10.4. The van der Waals surface area contributed by atoms with Crippen molar-refractivity contribution in [3.8, 4) is 0 Å². The standard InChI is InChI=1S/C9H10ClN5O/c10-6-1-2-8-13-9(14-15(8)5-6)12-4-3-7(11)16/h1-2,5H,3-4H2,(H2,11,16)(H,12,14). The van der Waals surface area contributed by atoms with Gasteiger partial charge in [0.1, 0.15) is 0 Å². The number of pyridine rings is 1. The van der Waals surface area contributed by atoms with Crippen LogP contribution in [-0.2, 0) is 4.79 Å². The number of hydrogen-bond donors (Lipinski definition) is 2. The van der Waals surface area contributed by atoms with Crippen LogP contribution in [0.1, 0.15) is 6.42 Å². The minimum Gasteiger partial charge on any atom is -0.370 e. The summed E-state index contributed by atoms with van der Waals surface area (Å²) >= 11 is 5.80. The topological polar surface area (TPSA) is 85.3 Å². The number of nitrogens with one attached hydrogen (secondary N) is 1.